The number of aryl methyl sites for hydroxylation is 1. The van der Waals surface area contributed by atoms with Crippen LogP contribution in [0.25, 0.3) is 10.2 Å². The van der Waals surface area contributed by atoms with Gasteiger partial charge in [0.2, 0.25) is 0 Å². The van der Waals surface area contributed by atoms with Gasteiger partial charge in [-0.2, -0.15) is 13.2 Å². The zero-order valence-corrected chi connectivity index (χ0v) is 16.2. The van der Waals surface area contributed by atoms with E-state index in [1.165, 1.54) is 34.4 Å². The second-order valence-corrected chi connectivity index (χ2v) is 8.06. The third kappa shape index (κ3) is 3.91. The fourth-order valence-electron chi connectivity index (χ4n) is 3.47. The maximum atomic E-state index is 13.8. The lowest BCUT2D eigenvalue weighted by molar-refractivity contribution is -0.138. The molecule has 1 atom stereocenters. The minimum Gasteiger partial charge on any atom is -0.357 e. The van der Waals surface area contributed by atoms with Gasteiger partial charge >= 0.3 is 6.18 Å². The number of benzene rings is 2. The molecule has 0 spiro atoms. The molecule has 1 fully saturated rings. The minimum absolute atomic E-state index is 0.165. The number of halogens is 4. The first kappa shape index (κ1) is 19.6. The van der Waals surface area contributed by atoms with Crippen LogP contribution < -0.4 is 5.32 Å². The molecule has 1 amide bonds. The van der Waals surface area contributed by atoms with Gasteiger partial charge in [0.15, 0.2) is 5.13 Å². The van der Waals surface area contributed by atoms with E-state index in [2.05, 4.69) is 10.3 Å². The smallest absolute Gasteiger partial charge is 0.357 e. The van der Waals surface area contributed by atoms with Gasteiger partial charge in [0, 0.05) is 19.1 Å². The summed E-state index contributed by atoms with van der Waals surface area (Å²) in [6.45, 7) is 2.24. The first-order chi connectivity index (χ1) is 13.7. The molecule has 4 rings (SSSR count). The summed E-state index contributed by atoms with van der Waals surface area (Å²) in [5, 5.41) is 3.70. The number of aromatic nitrogens is 1. The van der Waals surface area contributed by atoms with E-state index in [0.717, 1.165) is 6.07 Å². The number of hydrogen-bond donors (Lipinski definition) is 1. The Morgan fingerprint density at radius 1 is 1.28 bits per heavy atom. The second kappa shape index (κ2) is 7.29. The summed E-state index contributed by atoms with van der Waals surface area (Å²) in [7, 11) is 0. The Kier molecular flexibility index (Phi) is 4.94. The zero-order valence-electron chi connectivity index (χ0n) is 15.4. The summed E-state index contributed by atoms with van der Waals surface area (Å²) in [5.74, 6) is -1.05. The van der Waals surface area contributed by atoms with Gasteiger partial charge in [0.25, 0.3) is 5.91 Å². The molecule has 1 aromatic heterocycles. The van der Waals surface area contributed by atoms with E-state index in [-0.39, 0.29) is 23.7 Å². The summed E-state index contributed by atoms with van der Waals surface area (Å²) in [4.78, 5) is 18.4. The fourth-order valence-corrected chi connectivity index (χ4v) is 4.42. The molecule has 0 saturated carbocycles. The molecular formula is C20H17F4N3OS. The number of alkyl halides is 3. The molecule has 152 valence electrons. The third-order valence-corrected chi connectivity index (χ3v) is 5.84. The lowest BCUT2D eigenvalue weighted by Crippen LogP contribution is -2.33. The lowest BCUT2D eigenvalue weighted by Gasteiger charge is -2.20. The zero-order chi connectivity index (χ0) is 20.8. The van der Waals surface area contributed by atoms with Gasteiger partial charge in [0.1, 0.15) is 11.3 Å². The minimum atomic E-state index is -4.60. The number of carbonyl (C=O) groups is 1. The van der Waals surface area contributed by atoms with Crippen LogP contribution in [-0.4, -0.2) is 34.9 Å². The van der Waals surface area contributed by atoms with Crippen molar-refractivity contribution in [1.29, 1.82) is 0 Å². The largest absolute Gasteiger partial charge is 0.417 e. The Bertz CT molecular complexity index is 1080. The SMILES string of the molecule is Cc1ccc(C(F)(F)F)c(C(=O)N2CC[C@@H](Nc3nc4c(F)cccc4s3)C2)c1. The van der Waals surface area contributed by atoms with Gasteiger partial charge in [-0.05, 0) is 37.6 Å². The molecule has 29 heavy (non-hydrogen) atoms. The molecule has 3 aromatic rings. The number of amides is 1. The monoisotopic (exact) mass is 423 g/mol. The Hall–Kier alpha value is -2.68. The molecule has 2 heterocycles. The van der Waals surface area contributed by atoms with E-state index < -0.39 is 23.5 Å². The number of nitrogens with one attached hydrogen (secondary N) is 1. The molecule has 0 radical (unpaired) electrons. The lowest BCUT2D eigenvalue weighted by atomic mass is 10.0. The van der Waals surface area contributed by atoms with Crippen molar-refractivity contribution in [3.05, 3.63) is 58.9 Å². The van der Waals surface area contributed by atoms with Gasteiger partial charge in [0.05, 0.1) is 15.8 Å². The number of para-hydroxylation sites is 1. The predicted octanol–water partition coefficient (Wildman–Crippen LogP) is 5.09. The van der Waals surface area contributed by atoms with Crippen LogP contribution in [0.4, 0.5) is 22.7 Å². The molecule has 0 aliphatic carbocycles. The molecule has 1 saturated heterocycles. The highest BCUT2D eigenvalue weighted by Crippen LogP contribution is 2.34. The second-order valence-electron chi connectivity index (χ2n) is 7.03. The van der Waals surface area contributed by atoms with Crippen molar-refractivity contribution in [2.24, 2.45) is 0 Å². The summed E-state index contributed by atoms with van der Waals surface area (Å²) >= 11 is 1.30. The van der Waals surface area contributed by atoms with Crippen molar-refractivity contribution < 1.29 is 22.4 Å². The Morgan fingerprint density at radius 3 is 2.79 bits per heavy atom. The standard InChI is InChI=1S/C20H17F4N3OS/c1-11-5-6-14(20(22,23)24)13(9-11)18(28)27-8-7-12(10-27)25-19-26-17-15(21)3-2-4-16(17)29-19/h2-6,9,12H,7-8,10H2,1H3,(H,25,26)/t12-/m1/s1. The van der Waals surface area contributed by atoms with Crippen molar-refractivity contribution in [2.45, 2.75) is 25.6 Å². The van der Waals surface area contributed by atoms with Crippen LogP contribution in [0.1, 0.15) is 27.9 Å². The fraction of sp³-hybridized carbons (Fsp3) is 0.300. The van der Waals surface area contributed by atoms with Gasteiger partial charge in [-0.1, -0.05) is 29.0 Å². The third-order valence-electron chi connectivity index (χ3n) is 4.88. The normalized spacial score (nSPS) is 17.1. The first-order valence-electron chi connectivity index (χ1n) is 9.01. The van der Waals surface area contributed by atoms with Crippen molar-refractivity contribution in [3.63, 3.8) is 0 Å². The number of nitrogens with zero attached hydrogens (tertiary/aromatic N) is 2. The van der Waals surface area contributed by atoms with Crippen LogP contribution in [0.3, 0.4) is 0 Å². The molecule has 1 aliphatic heterocycles. The van der Waals surface area contributed by atoms with Crippen LogP contribution >= 0.6 is 11.3 Å². The topological polar surface area (TPSA) is 45.2 Å². The summed E-state index contributed by atoms with van der Waals surface area (Å²) in [6, 6.07) is 8.12. The molecule has 9 heteroatoms. The van der Waals surface area contributed by atoms with Crippen LogP contribution in [0.5, 0.6) is 0 Å². The maximum absolute atomic E-state index is 13.8. The number of rotatable bonds is 3. The highest BCUT2D eigenvalue weighted by atomic mass is 32.1. The summed E-state index contributed by atoms with van der Waals surface area (Å²) in [5.41, 5.74) is -0.390. The van der Waals surface area contributed by atoms with Crippen molar-refractivity contribution in [1.82, 2.24) is 9.88 Å². The average Bonchev–Trinajstić information content (AvgIpc) is 3.28. The van der Waals surface area contributed by atoms with Crippen LogP contribution in [0.2, 0.25) is 0 Å². The van der Waals surface area contributed by atoms with E-state index in [0.29, 0.717) is 28.4 Å². The van der Waals surface area contributed by atoms with E-state index in [9.17, 15) is 22.4 Å². The van der Waals surface area contributed by atoms with Gasteiger partial charge < -0.3 is 10.2 Å². The van der Waals surface area contributed by atoms with Gasteiger partial charge in [-0.3, -0.25) is 4.79 Å². The number of thiazole rings is 1. The molecule has 0 bridgehead atoms. The van der Waals surface area contributed by atoms with Crippen molar-refractivity contribution in [2.75, 3.05) is 18.4 Å². The van der Waals surface area contributed by atoms with Gasteiger partial charge in [-0.15, -0.1) is 0 Å². The van der Waals surface area contributed by atoms with Crippen LogP contribution in [0, 0.1) is 12.7 Å². The summed E-state index contributed by atoms with van der Waals surface area (Å²) in [6.07, 6.45) is -4.03. The molecule has 1 N–H and O–H groups in total. The number of carbonyl (C=O) groups excluding carboxylic acids is 1. The molecule has 1 aliphatic rings. The number of likely N-dealkylation sites (tertiary alicyclic amines) is 1. The molecule has 4 nitrogen and oxygen atoms in total. The Labute approximate surface area is 168 Å². The summed E-state index contributed by atoms with van der Waals surface area (Å²) < 4.78 is 54.4. The average molecular weight is 423 g/mol. The van der Waals surface area contributed by atoms with Crippen LogP contribution in [0.15, 0.2) is 36.4 Å². The Balaban J connectivity index is 1.50. The van der Waals surface area contributed by atoms with E-state index >= 15 is 0 Å². The van der Waals surface area contributed by atoms with Crippen molar-refractivity contribution >= 4 is 32.6 Å². The van der Waals surface area contributed by atoms with Crippen LogP contribution in [-0.2, 0) is 6.18 Å². The molecule has 0 unspecified atom stereocenters. The van der Waals surface area contributed by atoms with Gasteiger partial charge in [-0.25, -0.2) is 9.37 Å². The highest BCUT2D eigenvalue weighted by molar-refractivity contribution is 7.22. The van der Waals surface area contributed by atoms with Crippen molar-refractivity contribution in [3.8, 4) is 0 Å². The van der Waals surface area contributed by atoms with E-state index in [1.807, 2.05) is 0 Å². The predicted molar refractivity (Wildman–Crippen MR) is 104 cm³/mol. The Morgan fingerprint density at radius 2 is 2.07 bits per heavy atom. The molecule has 2 aromatic carbocycles. The van der Waals surface area contributed by atoms with E-state index in [1.54, 1.807) is 19.1 Å². The highest BCUT2D eigenvalue weighted by Gasteiger charge is 2.37. The number of fused-ring (bicyclic) bond motifs is 1. The number of anilines is 1. The molecular weight excluding hydrogens is 406 g/mol. The first-order valence-corrected chi connectivity index (χ1v) is 9.83. The quantitative estimate of drug-likeness (QED) is 0.597. The number of hydrogen-bond acceptors (Lipinski definition) is 4. The maximum Gasteiger partial charge on any atom is 0.417 e. The van der Waals surface area contributed by atoms with E-state index in [4.69, 9.17) is 0 Å².